The van der Waals surface area contributed by atoms with Crippen molar-refractivity contribution >= 4 is 17.5 Å². The molecular weight excluding hydrogens is 288 g/mol. The number of aryl methyl sites for hydroxylation is 2. The first-order valence-corrected chi connectivity index (χ1v) is 7.94. The van der Waals surface area contributed by atoms with Gasteiger partial charge in [-0.05, 0) is 38.5 Å². The normalized spacial score (nSPS) is 10.4. The van der Waals surface area contributed by atoms with Crippen molar-refractivity contribution in [3.63, 3.8) is 0 Å². The van der Waals surface area contributed by atoms with Gasteiger partial charge in [0.15, 0.2) is 0 Å². The van der Waals surface area contributed by atoms with Crippen LogP contribution in [0.2, 0.25) is 0 Å². The van der Waals surface area contributed by atoms with E-state index in [0.29, 0.717) is 11.6 Å². The average Bonchev–Trinajstić information content (AvgIpc) is 2.53. The molecule has 0 saturated heterocycles. The number of nitrogens with zero attached hydrogens (tertiary/aromatic N) is 3. The minimum atomic E-state index is -0.0732. The van der Waals surface area contributed by atoms with E-state index in [2.05, 4.69) is 22.2 Å². The predicted octanol–water partition coefficient (Wildman–Crippen LogP) is 3.71. The minimum absolute atomic E-state index is 0.0732. The molecule has 23 heavy (non-hydrogen) atoms. The van der Waals surface area contributed by atoms with E-state index < -0.39 is 0 Å². The third-order valence-corrected chi connectivity index (χ3v) is 3.57. The van der Waals surface area contributed by atoms with Gasteiger partial charge in [-0.3, -0.25) is 4.79 Å². The second kappa shape index (κ2) is 7.72. The zero-order valence-corrected chi connectivity index (χ0v) is 14.3. The maximum absolute atomic E-state index is 12.5. The highest BCUT2D eigenvalue weighted by Crippen LogP contribution is 2.15. The van der Waals surface area contributed by atoms with Gasteiger partial charge in [-0.2, -0.15) is 0 Å². The molecule has 1 heterocycles. The summed E-state index contributed by atoms with van der Waals surface area (Å²) in [5.74, 6) is 0.372. The number of nitrogens with one attached hydrogen (secondary N) is 1. The van der Waals surface area contributed by atoms with E-state index in [1.54, 1.807) is 11.0 Å². The fraction of sp³-hybridized carbons (Fsp3) is 0.389. The summed E-state index contributed by atoms with van der Waals surface area (Å²) >= 11 is 0. The average molecular weight is 312 g/mol. The summed E-state index contributed by atoms with van der Waals surface area (Å²) in [6.07, 6.45) is 2.04. The van der Waals surface area contributed by atoms with Crippen LogP contribution in [0.1, 0.15) is 41.5 Å². The van der Waals surface area contributed by atoms with Gasteiger partial charge < -0.3 is 10.2 Å². The van der Waals surface area contributed by atoms with Crippen molar-refractivity contribution in [3.05, 3.63) is 47.3 Å². The van der Waals surface area contributed by atoms with E-state index in [1.165, 1.54) is 5.56 Å². The van der Waals surface area contributed by atoms with Gasteiger partial charge in [0.05, 0.1) is 0 Å². The van der Waals surface area contributed by atoms with Gasteiger partial charge in [0.25, 0.3) is 5.91 Å². The van der Waals surface area contributed by atoms with Gasteiger partial charge in [0, 0.05) is 25.0 Å². The van der Waals surface area contributed by atoms with Crippen molar-refractivity contribution in [3.8, 4) is 0 Å². The van der Waals surface area contributed by atoms with Gasteiger partial charge in [-0.25, -0.2) is 9.97 Å². The van der Waals surface area contributed by atoms with E-state index >= 15 is 0 Å². The van der Waals surface area contributed by atoms with E-state index in [1.807, 2.05) is 45.2 Å². The van der Waals surface area contributed by atoms with Crippen LogP contribution in [0.3, 0.4) is 0 Å². The third kappa shape index (κ3) is 4.77. The third-order valence-electron chi connectivity index (χ3n) is 3.57. The Labute approximate surface area is 137 Å². The van der Waals surface area contributed by atoms with Crippen LogP contribution in [0.5, 0.6) is 0 Å². The molecule has 1 N–H and O–H groups in total. The van der Waals surface area contributed by atoms with Crippen LogP contribution < -0.4 is 5.32 Å². The van der Waals surface area contributed by atoms with Crippen LogP contribution in [-0.2, 0) is 0 Å². The number of unbranched alkanes of at least 4 members (excludes halogenated alkanes) is 1. The molecule has 0 fully saturated rings. The van der Waals surface area contributed by atoms with Crippen LogP contribution in [-0.4, -0.2) is 34.4 Å². The maximum Gasteiger partial charge on any atom is 0.272 e. The number of anilines is 2. The fourth-order valence-corrected chi connectivity index (χ4v) is 2.19. The Morgan fingerprint density at radius 1 is 1.17 bits per heavy atom. The lowest BCUT2D eigenvalue weighted by atomic mass is 10.2. The predicted molar refractivity (Wildman–Crippen MR) is 93.1 cm³/mol. The number of aromatic nitrogens is 2. The Morgan fingerprint density at radius 3 is 2.52 bits per heavy atom. The molecule has 0 bridgehead atoms. The summed E-state index contributed by atoms with van der Waals surface area (Å²) in [5, 5.41) is 3.16. The molecular formula is C18H24N4O. The molecule has 0 saturated carbocycles. The van der Waals surface area contributed by atoms with Crippen LogP contribution in [0.15, 0.2) is 30.3 Å². The van der Waals surface area contributed by atoms with Crippen molar-refractivity contribution in [2.24, 2.45) is 0 Å². The highest BCUT2D eigenvalue weighted by molar-refractivity contribution is 5.92. The quantitative estimate of drug-likeness (QED) is 0.883. The minimum Gasteiger partial charge on any atom is -0.340 e. The lowest BCUT2D eigenvalue weighted by Crippen LogP contribution is -2.28. The molecule has 5 heteroatoms. The highest BCUT2D eigenvalue weighted by Gasteiger charge is 2.15. The van der Waals surface area contributed by atoms with Gasteiger partial charge >= 0.3 is 0 Å². The van der Waals surface area contributed by atoms with Gasteiger partial charge in [0.1, 0.15) is 5.69 Å². The number of benzene rings is 1. The van der Waals surface area contributed by atoms with Crippen molar-refractivity contribution in [1.82, 2.24) is 14.9 Å². The number of carbonyl (C=O) groups is 1. The molecule has 0 aliphatic carbocycles. The van der Waals surface area contributed by atoms with Gasteiger partial charge in [0.2, 0.25) is 5.95 Å². The number of rotatable bonds is 6. The first-order valence-electron chi connectivity index (χ1n) is 7.94. The molecule has 2 aromatic rings. The number of hydrogen-bond donors (Lipinski definition) is 1. The van der Waals surface area contributed by atoms with Crippen molar-refractivity contribution in [1.29, 1.82) is 0 Å². The van der Waals surface area contributed by atoms with Crippen LogP contribution in [0.4, 0.5) is 11.6 Å². The zero-order valence-electron chi connectivity index (χ0n) is 14.3. The maximum atomic E-state index is 12.5. The van der Waals surface area contributed by atoms with Crippen molar-refractivity contribution in [2.75, 3.05) is 18.9 Å². The van der Waals surface area contributed by atoms with Crippen LogP contribution in [0, 0.1) is 13.8 Å². The van der Waals surface area contributed by atoms with Crippen LogP contribution >= 0.6 is 0 Å². The molecule has 5 nitrogen and oxygen atoms in total. The first kappa shape index (κ1) is 16.9. The number of hydrogen-bond acceptors (Lipinski definition) is 4. The molecule has 0 unspecified atom stereocenters. The fourth-order valence-electron chi connectivity index (χ4n) is 2.19. The lowest BCUT2D eigenvalue weighted by molar-refractivity contribution is 0.0787. The monoisotopic (exact) mass is 312 g/mol. The molecule has 1 aromatic carbocycles. The second-order valence-corrected chi connectivity index (χ2v) is 5.79. The Bertz CT molecular complexity index is 667. The van der Waals surface area contributed by atoms with Crippen molar-refractivity contribution < 1.29 is 4.79 Å². The molecule has 0 radical (unpaired) electrons. The van der Waals surface area contributed by atoms with E-state index in [9.17, 15) is 4.79 Å². The summed E-state index contributed by atoms with van der Waals surface area (Å²) in [5.41, 5.74) is 3.28. The second-order valence-electron chi connectivity index (χ2n) is 5.79. The van der Waals surface area contributed by atoms with E-state index in [0.717, 1.165) is 30.8 Å². The topological polar surface area (TPSA) is 58.1 Å². The molecule has 0 spiro atoms. The summed E-state index contributed by atoms with van der Waals surface area (Å²) in [7, 11) is 1.81. The number of amides is 1. The lowest BCUT2D eigenvalue weighted by Gasteiger charge is -2.17. The SMILES string of the molecule is CCCCN(C)C(=O)c1cc(C)nc(Nc2ccc(C)cc2)n1. The largest absolute Gasteiger partial charge is 0.340 e. The van der Waals surface area contributed by atoms with Crippen molar-refractivity contribution in [2.45, 2.75) is 33.6 Å². The summed E-state index contributed by atoms with van der Waals surface area (Å²) in [6, 6.07) is 9.70. The van der Waals surface area contributed by atoms with E-state index in [-0.39, 0.29) is 5.91 Å². The Hall–Kier alpha value is -2.43. The molecule has 122 valence electrons. The summed E-state index contributed by atoms with van der Waals surface area (Å²) in [4.78, 5) is 22.9. The molecule has 1 aromatic heterocycles. The van der Waals surface area contributed by atoms with E-state index in [4.69, 9.17) is 0 Å². The molecule has 0 aliphatic heterocycles. The standard InChI is InChI=1S/C18H24N4O/c1-5-6-11-22(4)17(23)16-12-14(3)19-18(21-16)20-15-9-7-13(2)8-10-15/h7-10,12H,5-6,11H2,1-4H3,(H,19,20,21). The molecule has 0 aliphatic rings. The van der Waals surface area contributed by atoms with Crippen LogP contribution in [0.25, 0.3) is 0 Å². The smallest absolute Gasteiger partial charge is 0.272 e. The summed E-state index contributed by atoms with van der Waals surface area (Å²) < 4.78 is 0. The van der Waals surface area contributed by atoms with Gasteiger partial charge in [-0.1, -0.05) is 31.0 Å². The Balaban J connectivity index is 2.18. The summed E-state index contributed by atoms with van der Waals surface area (Å²) in [6.45, 7) is 6.75. The molecule has 1 amide bonds. The zero-order chi connectivity index (χ0) is 16.8. The number of carbonyl (C=O) groups excluding carboxylic acids is 1. The first-order chi connectivity index (χ1) is 11.0. The molecule has 2 rings (SSSR count). The Kier molecular flexibility index (Phi) is 5.68. The van der Waals surface area contributed by atoms with Gasteiger partial charge in [-0.15, -0.1) is 0 Å². The molecule has 0 atom stereocenters. The Morgan fingerprint density at radius 2 is 1.87 bits per heavy atom. The highest BCUT2D eigenvalue weighted by atomic mass is 16.2.